The third kappa shape index (κ3) is 2.62. The van der Waals surface area contributed by atoms with E-state index in [0.29, 0.717) is 0 Å². The van der Waals surface area contributed by atoms with E-state index in [1.54, 1.807) is 6.26 Å². The maximum Gasteiger partial charge on any atom is 0.123 e. The molecule has 0 radical (unpaired) electrons. The molecule has 0 saturated heterocycles. The Balaban J connectivity index is 2.21. The minimum Gasteiger partial charge on any atom is -0.468 e. The van der Waals surface area contributed by atoms with E-state index >= 15 is 0 Å². The molecule has 2 rings (SSSR count). The molecule has 0 amide bonds. The molecule has 1 unspecified atom stereocenters. The highest BCUT2D eigenvalue weighted by atomic mass is 16.5. The van der Waals surface area contributed by atoms with Crippen LogP contribution in [0.3, 0.4) is 0 Å². The highest BCUT2D eigenvalue weighted by molar-refractivity contribution is 5.12. The molecule has 1 aliphatic carbocycles. The van der Waals surface area contributed by atoms with Gasteiger partial charge in [-0.15, -0.1) is 0 Å². The molecule has 102 valence electrons. The van der Waals surface area contributed by atoms with E-state index in [2.05, 4.69) is 19.2 Å². The van der Waals surface area contributed by atoms with E-state index in [9.17, 15) is 0 Å². The summed E-state index contributed by atoms with van der Waals surface area (Å²) in [6, 6.07) is 4.16. The van der Waals surface area contributed by atoms with Crippen molar-refractivity contribution in [2.45, 2.75) is 51.2 Å². The number of rotatable bonds is 5. The predicted molar refractivity (Wildman–Crippen MR) is 72.5 cm³/mol. The number of ether oxygens (including phenoxy) is 1. The summed E-state index contributed by atoms with van der Waals surface area (Å²) < 4.78 is 11.6. The van der Waals surface area contributed by atoms with Crippen molar-refractivity contribution in [3.05, 3.63) is 24.2 Å². The van der Waals surface area contributed by atoms with Gasteiger partial charge in [-0.1, -0.05) is 13.8 Å². The first-order chi connectivity index (χ1) is 8.72. The van der Waals surface area contributed by atoms with Crippen molar-refractivity contribution in [3.8, 4) is 0 Å². The van der Waals surface area contributed by atoms with Crippen LogP contribution in [-0.2, 0) is 4.74 Å². The second-order valence-electron chi connectivity index (χ2n) is 5.46. The van der Waals surface area contributed by atoms with Crippen molar-refractivity contribution in [2.24, 2.45) is 5.92 Å². The van der Waals surface area contributed by atoms with Crippen LogP contribution in [0.2, 0.25) is 0 Å². The lowest BCUT2D eigenvalue weighted by molar-refractivity contribution is -0.0800. The Morgan fingerprint density at radius 1 is 1.50 bits per heavy atom. The Labute approximate surface area is 110 Å². The quantitative estimate of drug-likeness (QED) is 0.869. The molecule has 1 heterocycles. The first-order valence-electron chi connectivity index (χ1n) is 7.04. The summed E-state index contributed by atoms with van der Waals surface area (Å²) in [5.74, 6) is 1.81. The lowest BCUT2D eigenvalue weighted by Gasteiger charge is -2.43. The highest BCUT2D eigenvalue weighted by Gasteiger charge is 2.43. The van der Waals surface area contributed by atoms with Gasteiger partial charge in [-0.25, -0.2) is 0 Å². The maximum atomic E-state index is 5.94. The Hall–Kier alpha value is -0.800. The molecule has 18 heavy (non-hydrogen) atoms. The fourth-order valence-electron chi connectivity index (χ4n) is 3.07. The molecular formula is C15H25NO2. The molecule has 1 aromatic heterocycles. The van der Waals surface area contributed by atoms with Crippen molar-refractivity contribution < 1.29 is 9.15 Å². The van der Waals surface area contributed by atoms with Gasteiger partial charge in [0.05, 0.1) is 17.9 Å². The predicted octanol–water partition coefficient (Wildman–Crippen LogP) is 3.53. The molecular weight excluding hydrogens is 226 g/mol. The summed E-state index contributed by atoms with van der Waals surface area (Å²) >= 11 is 0. The van der Waals surface area contributed by atoms with Gasteiger partial charge in [-0.2, -0.15) is 0 Å². The Morgan fingerprint density at radius 3 is 2.72 bits per heavy atom. The van der Waals surface area contributed by atoms with Gasteiger partial charge in [0.15, 0.2) is 0 Å². The fraction of sp³-hybridized carbons (Fsp3) is 0.733. The summed E-state index contributed by atoms with van der Waals surface area (Å²) in [4.78, 5) is 0. The van der Waals surface area contributed by atoms with Gasteiger partial charge in [-0.05, 0) is 50.3 Å². The van der Waals surface area contributed by atoms with E-state index in [4.69, 9.17) is 9.15 Å². The molecule has 1 N–H and O–H groups in total. The highest BCUT2D eigenvalue weighted by Crippen LogP contribution is 2.42. The first kappa shape index (κ1) is 13.6. The molecule has 0 bridgehead atoms. The summed E-state index contributed by atoms with van der Waals surface area (Å²) in [5.41, 5.74) is -0.111. The summed E-state index contributed by atoms with van der Waals surface area (Å²) in [7, 11) is 1.84. The van der Waals surface area contributed by atoms with Crippen LogP contribution in [-0.4, -0.2) is 19.3 Å². The van der Waals surface area contributed by atoms with Crippen molar-refractivity contribution in [1.29, 1.82) is 0 Å². The minimum atomic E-state index is -0.111. The molecule has 0 spiro atoms. The average Bonchev–Trinajstić information content (AvgIpc) is 2.91. The molecule has 3 nitrogen and oxygen atoms in total. The summed E-state index contributed by atoms with van der Waals surface area (Å²) in [5, 5.41) is 3.54. The van der Waals surface area contributed by atoms with Crippen molar-refractivity contribution >= 4 is 0 Å². The number of furan rings is 1. The fourth-order valence-corrected chi connectivity index (χ4v) is 3.07. The number of methoxy groups -OCH3 is 1. The van der Waals surface area contributed by atoms with Gasteiger partial charge in [0, 0.05) is 7.11 Å². The van der Waals surface area contributed by atoms with Gasteiger partial charge in [0.25, 0.3) is 0 Å². The average molecular weight is 251 g/mol. The van der Waals surface area contributed by atoms with E-state index in [-0.39, 0.29) is 11.6 Å². The topological polar surface area (TPSA) is 34.4 Å². The van der Waals surface area contributed by atoms with Crippen LogP contribution in [0.15, 0.2) is 22.8 Å². The van der Waals surface area contributed by atoms with E-state index in [1.165, 1.54) is 12.8 Å². The van der Waals surface area contributed by atoms with Crippen LogP contribution in [0.4, 0.5) is 0 Å². The standard InChI is InChI=1S/C15H25NO2/c1-4-16-14(13-6-5-11-18-13)15(17-3)9-7-12(2)8-10-15/h5-6,11-12,14,16H,4,7-10H2,1-3H3. The van der Waals surface area contributed by atoms with Crippen LogP contribution >= 0.6 is 0 Å². The number of hydrogen-bond acceptors (Lipinski definition) is 3. The van der Waals surface area contributed by atoms with Gasteiger partial charge >= 0.3 is 0 Å². The normalized spacial score (nSPS) is 30.3. The van der Waals surface area contributed by atoms with Gasteiger partial charge in [0.2, 0.25) is 0 Å². The zero-order valence-corrected chi connectivity index (χ0v) is 11.7. The minimum absolute atomic E-state index is 0.111. The van der Waals surface area contributed by atoms with Crippen LogP contribution in [0.1, 0.15) is 51.3 Å². The second-order valence-corrected chi connectivity index (χ2v) is 5.46. The Kier molecular flexibility index (Phi) is 4.46. The van der Waals surface area contributed by atoms with Crippen LogP contribution < -0.4 is 5.32 Å². The maximum absolute atomic E-state index is 5.94. The van der Waals surface area contributed by atoms with Crippen LogP contribution in [0.5, 0.6) is 0 Å². The molecule has 0 aliphatic heterocycles. The molecule has 1 atom stereocenters. The summed E-state index contributed by atoms with van der Waals surface area (Å²) in [6.45, 7) is 5.38. The van der Waals surface area contributed by atoms with E-state index in [0.717, 1.165) is 31.1 Å². The lowest BCUT2D eigenvalue weighted by Crippen LogP contribution is -2.47. The zero-order chi connectivity index (χ0) is 13.0. The van der Waals surface area contributed by atoms with E-state index < -0.39 is 0 Å². The van der Waals surface area contributed by atoms with E-state index in [1.807, 2.05) is 19.2 Å². The monoisotopic (exact) mass is 251 g/mol. The zero-order valence-electron chi connectivity index (χ0n) is 11.7. The number of hydrogen-bond donors (Lipinski definition) is 1. The molecule has 1 aliphatic rings. The van der Waals surface area contributed by atoms with Crippen molar-refractivity contribution in [2.75, 3.05) is 13.7 Å². The number of likely N-dealkylation sites (N-methyl/N-ethyl adjacent to an activating group) is 1. The van der Waals surface area contributed by atoms with Crippen LogP contribution in [0.25, 0.3) is 0 Å². The first-order valence-corrected chi connectivity index (χ1v) is 7.04. The Bertz CT molecular complexity index is 339. The SMILES string of the molecule is CCNC(c1ccco1)C1(OC)CCC(C)CC1. The van der Waals surface area contributed by atoms with Gasteiger partial charge in [-0.3, -0.25) is 0 Å². The Morgan fingerprint density at radius 2 is 2.22 bits per heavy atom. The lowest BCUT2D eigenvalue weighted by atomic mass is 9.74. The van der Waals surface area contributed by atoms with Gasteiger partial charge in [0.1, 0.15) is 5.76 Å². The largest absolute Gasteiger partial charge is 0.468 e. The third-order valence-corrected chi connectivity index (χ3v) is 4.29. The van der Waals surface area contributed by atoms with Crippen molar-refractivity contribution in [3.63, 3.8) is 0 Å². The van der Waals surface area contributed by atoms with Gasteiger partial charge < -0.3 is 14.5 Å². The molecule has 3 heteroatoms. The second kappa shape index (κ2) is 5.89. The molecule has 1 fully saturated rings. The van der Waals surface area contributed by atoms with Crippen LogP contribution in [0, 0.1) is 5.92 Å². The summed E-state index contributed by atoms with van der Waals surface area (Å²) in [6.07, 6.45) is 6.41. The molecule has 0 aromatic carbocycles. The van der Waals surface area contributed by atoms with Crippen molar-refractivity contribution in [1.82, 2.24) is 5.32 Å². The number of nitrogens with one attached hydrogen (secondary N) is 1. The molecule has 1 aromatic rings. The smallest absolute Gasteiger partial charge is 0.123 e. The third-order valence-electron chi connectivity index (χ3n) is 4.29. The molecule has 1 saturated carbocycles.